The number of carbonyl (C=O) groups excluding carboxylic acids is 2. The lowest BCUT2D eigenvalue weighted by Gasteiger charge is -2.18. The minimum atomic E-state index is -0.718. The minimum absolute atomic E-state index is 0.244. The first kappa shape index (κ1) is 23.6. The number of anilines is 2. The summed E-state index contributed by atoms with van der Waals surface area (Å²) in [6, 6.07) is 17.3. The maximum Gasteiger partial charge on any atom is 0.265 e. The van der Waals surface area contributed by atoms with Gasteiger partial charge in [-0.05, 0) is 73.9 Å². The molecule has 3 aromatic rings. The number of benzene rings is 3. The molecule has 0 saturated carbocycles. The van der Waals surface area contributed by atoms with E-state index >= 15 is 0 Å². The normalized spacial score (nSPS) is 11.5. The number of amides is 2. The molecule has 0 fully saturated rings. The average molecular weight is 471 g/mol. The highest BCUT2D eigenvalue weighted by atomic mass is 35.5. The van der Waals surface area contributed by atoms with E-state index in [1.807, 2.05) is 32.0 Å². The number of aryl methyl sites for hydroxylation is 2. The highest BCUT2D eigenvalue weighted by Gasteiger charge is 2.17. The van der Waals surface area contributed by atoms with Crippen LogP contribution in [-0.4, -0.2) is 17.9 Å². The van der Waals surface area contributed by atoms with Crippen molar-refractivity contribution in [1.82, 2.24) is 0 Å². The van der Waals surface area contributed by atoms with E-state index < -0.39 is 6.10 Å². The van der Waals surface area contributed by atoms with E-state index in [1.165, 1.54) is 0 Å². The summed E-state index contributed by atoms with van der Waals surface area (Å²) in [6.45, 7) is 5.68. The molecule has 0 bridgehead atoms. The molecule has 0 radical (unpaired) electrons. The largest absolute Gasteiger partial charge is 0.481 e. The van der Waals surface area contributed by atoms with E-state index in [-0.39, 0.29) is 11.8 Å². The molecule has 3 aromatic carbocycles. The van der Waals surface area contributed by atoms with Gasteiger partial charge in [-0.3, -0.25) is 9.59 Å². The number of rotatable bonds is 7. The van der Waals surface area contributed by atoms with Crippen LogP contribution in [0, 0.1) is 6.92 Å². The number of nitrogens with one attached hydrogen (secondary N) is 2. The Hall–Kier alpha value is -3.02. The van der Waals surface area contributed by atoms with Gasteiger partial charge in [-0.1, -0.05) is 48.3 Å². The second-order valence-electron chi connectivity index (χ2n) is 7.31. The molecule has 0 aliphatic rings. The van der Waals surface area contributed by atoms with Crippen molar-refractivity contribution in [1.29, 1.82) is 0 Å². The molecule has 7 heteroatoms. The molecule has 0 spiro atoms. The van der Waals surface area contributed by atoms with E-state index in [9.17, 15) is 9.59 Å². The third kappa shape index (κ3) is 5.81. The lowest BCUT2D eigenvalue weighted by atomic mass is 10.1. The van der Waals surface area contributed by atoms with Crippen LogP contribution in [0.5, 0.6) is 5.75 Å². The molecular formula is C25H24Cl2N2O3. The molecule has 3 rings (SSSR count). The van der Waals surface area contributed by atoms with Crippen molar-refractivity contribution < 1.29 is 14.3 Å². The van der Waals surface area contributed by atoms with Gasteiger partial charge in [0.2, 0.25) is 0 Å². The SMILES string of the molecule is CCc1cccc(C)c1NC(=O)C(C)Oc1ccc(C(=O)Nc2cc(Cl)ccc2Cl)cc1. The van der Waals surface area contributed by atoms with Crippen molar-refractivity contribution in [2.45, 2.75) is 33.3 Å². The second kappa shape index (κ2) is 10.5. The fourth-order valence-electron chi connectivity index (χ4n) is 3.16. The van der Waals surface area contributed by atoms with Gasteiger partial charge >= 0.3 is 0 Å². The smallest absolute Gasteiger partial charge is 0.265 e. The number of hydrogen-bond acceptors (Lipinski definition) is 3. The summed E-state index contributed by atoms with van der Waals surface area (Å²) in [6.07, 6.45) is 0.0976. The molecule has 0 aromatic heterocycles. The fourth-order valence-corrected chi connectivity index (χ4v) is 3.49. The van der Waals surface area contributed by atoms with Crippen molar-refractivity contribution in [2.24, 2.45) is 0 Å². The first-order chi connectivity index (χ1) is 15.3. The van der Waals surface area contributed by atoms with Gasteiger partial charge in [0.05, 0.1) is 10.7 Å². The van der Waals surface area contributed by atoms with Gasteiger partial charge in [-0.15, -0.1) is 0 Å². The molecular weight excluding hydrogens is 447 g/mol. The van der Waals surface area contributed by atoms with Crippen molar-refractivity contribution in [2.75, 3.05) is 10.6 Å². The predicted octanol–water partition coefficient (Wildman–Crippen LogP) is 6.52. The highest BCUT2D eigenvalue weighted by Crippen LogP contribution is 2.26. The molecule has 0 aliphatic heterocycles. The molecule has 166 valence electrons. The second-order valence-corrected chi connectivity index (χ2v) is 8.16. The van der Waals surface area contributed by atoms with Crippen LogP contribution < -0.4 is 15.4 Å². The molecule has 0 heterocycles. The van der Waals surface area contributed by atoms with Crippen molar-refractivity contribution >= 4 is 46.4 Å². The maximum atomic E-state index is 12.7. The Morgan fingerprint density at radius 2 is 1.72 bits per heavy atom. The van der Waals surface area contributed by atoms with E-state index in [0.717, 1.165) is 23.2 Å². The van der Waals surface area contributed by atoms with E-state index in [0.29, 0.717) is 27.0 Å². The third-order valence-corrected chi connectivity index (χ3v) is 5.53. The Balaban J connectivity index is 1.63. The molecule has 1 atom stereocenters. The first-order valence-electron chi connectivity index (χ1n) is 10.2. The van der Waals surface area contributed by atoms with Crippen molar-refractivity contribution in [3.8, 4) is 5.75 Å². The lowest BCUT2D eigenvalue weighted by Crippen LogP contribution is -2.30. The van der Waals surface area contributed by atoms with Gasteiger partial charge in [0.25, 0.3) is 11.8 Å². The first-order valence-corrected chi connectivity index (χ1v) is 11.0. The molecule has 0 aliphatic carbocycles. The minimum Gasteiger partial charge on any atom is -0.481 e. The van der Waals surface area contributed by atoms with Crippen LogP contribution in [0.4, 0.5) is 11.4 Å². The van der Waals surface area contributed by atoms with Crippen LogP contribution in [0.2, 0.25) is 10.0 Å². The molecule has 32 heavy (non-hydrogen) atoms. The van der Waals surface area contributed by atoms with Crippen LogP contribution in [0.25, 0.3) is 0 Å². The zero-order valence-corrected chi connectivity index (χ0v) is 19.6. The fraction of sp³-hybridized carbons (Fsp3) is 0.200. The number of para-hydroxylation sites is 1. The van der Waals surface area contributed by atoms with Crippen molar-refractivity contribution in [3.63, 3.8) is 0 Å². The summed E-state index contributed by atoms with van der Waals surface area (Å²) in [5, 5.41) is 6.56. The summed E-state index contributed by atoms with van der Waals surface area (Å²) in [7, 11) is 0. The molecule has 2 amide bonds. The van der Waals surface area contributed by atoms with Gasteiger partial charge < -0.3 is 15.4 Å². The summed E-state index contributed by atoms with van der Waals surface area (Å²) in [4.78, 5) is 25.1. The highest BCUT2D eigenvalue weighted by molar-refractivity contribution is 6.35. The summed E-state index contributed by atoms with van der Waals surface area (Å²) < 4.78 is 5.77. The van der Waals surface area contributed by atoms with Crippen LogP contribution in [0.3, 0.4) is 0 Å². The average Bonchev–Trinajstić information content (AvgIpc) is 2.78. The van der Waals surface area contributed by atoms with Crippen molar-refractivity contribution in [3.05, 3.63) is 87.4 Å². The van der Waals surface area contributed by atoms with E-state index in [1.54, 1.807) is 49.4 Å². The standard InChI is InChI=1S/C25H24Cl2N2O3/c1-4-17-7-5-6-15(2)23(17)29-24(30)16(3)32-20-11-8-18(9-12-20)25(31)28-22-14-19(26)10-13-21(22)27/h5-14,16H,4H2,1-3H3,(H,28,31)(H,29,30). The zero-order chi connectivity index (χ0) is 23.3. The zero-order valence-electron chi connectivity index (χ0n) is 18.0. The monoisotopic (exact) mass is 470 g/mol. The van der Waals surface area contributed by atoms with E-state index in [4.69, 9.17) is 27.9 Å². The Morgan fingerprint density at radius 3 is 2.41 bits per heavy atom. The molecule has 0 saturated heterocycles. The number of hydrogen-bond donors (Lipinski definition) is 2. The predicted molar refractivity (Wildman–Crippen MR) is 130 cm³/mol. The topological polar surface area (TPSA) is 67.4 Å². The van der Waals surface area contributed by atoms with Gasteiger partial charge in [0, 0.05) is 16.3 Å². The Bertz CT molecular complexity index is 1130. The molecule has 1 unspecified atom stereocenters. The van der Waals surface area contributed by atoms with Gasteiger partial charge in [0.1, 0.15) is 5.75 Å². The van der Waals surface area contributed by atoms with Crippen LogP contribution in [0.1, 0.15) is 35.3 Å². The molecule has 2 N–H and O–H groups in total. The summed E-state index contributed by atoms with van der Waals surface area (Å²) in [5.74, 6) is -0.102. The maximum absolute atomic E-state index is 12.7. The lowest BCUT2D eigenvalue weighted by molar-refractivity contribution is -0.122. The van der Waals surface area contributed by atoms with Gasteiger partial charge in [-0.25, -0.2) is 0 Å². The van der Waals surface area contributed by atoms with Crippen LogP contribution in [0.15, 0.2) is 60.7 Å². The van der Waals surface area contributed by atoms with Gasteiger partial charge in [-0.2, -0.15) is 0 Å². The van der Waals surface area contributed by atoms with Crippen LogP contribution in [-0.2, 0) is 11.2 Å². The number of carbonyl (C=O) groups is 2. The quantitative estimate of drug-likeness (QED) is 0.412. The number of halogens is 2. The Kier molecular flexibility index (Phi) is 7.78. The Morgan fingerprint density at radius 1 is 1.00 bits per heavy atom. The third-order valence-electron chi connectivity index (χ3n) is 4.96. The summed E-state index contributed by atoms with van der Waals surface area (Å²) in [5.41, 5.74) is 3.73. The molecule has 5 nitrogen and oxygen atoms in total. The van der Waals surface area contributed by atoms with Crippen LogP contribution >= 0.6 is 23.2 Å². The number of ether oxygens (including phenoxy) is 1. The Labute approximate surface area is 197 Å². The van der Waals surface area contributed by atoms with E-state index in [2.05, 4.69) is 10.6 Å². The summed E-state index contributed by atoms with van der Waals surface area (Å²) >= 11 is 12.1. The van der Waals surface area contributed by atoms with Gasteiger partial charge in [0.15, 0.2) is 6.10 Å².